The van der Waals surface area contributed by atoms with Crippen LogP contribution in [0.2, 0.25) is 0 Å². The second-order valence-electron chi connectivity index (χ2n) is 7.13. The molecule has 2 aromatic rings. The predicted molar refractivity (Wildman–Crippen MR) is 108 cm³/mol. The maximum atomic E-state index is 12.4. The number of rotatable bonds is 6. The largest absolute Gasteiger partial charge is 0.354 e. The first-order valence-electron chi connectivity index (χ1n) is 9.10. The Balaban J connectivity index is 1.74. The van der Waals surface area contributed by atoms with E-state index in [0.29, 0.717) is 18.4 Å². The zero-order valence-electron chi connectivity index (χ0n) is 15.9. The highest BCUT2D eigenvalue weighted by atomic mass is 32.2. The molecular weight excluding hydrogens is 384 g/mol. The standard InChI is InChI=1S/C18H26N4O3S2/c1-19-17(23)16-15(14-5-4-10-20-18(14)26-16)13-8-6-12(7-9-13)11-21-27(24,25)22(2)3/h4-5,10,12-13,21H,6-9,11H2,1-3H3,(H,19,23). The first kappa shape index (κ1) is 20.2. The highest BCUT2D eigenvalue weighted by molar-refractivity contribution is 7.87. The molecular formula is C18H26N4O3S2. The normalized spacial score (nSPS) is 20.9. The topological polar surface area (TPSA) is 91.4 Å². The van der Waals surface area contributed by atoms with E-state index in [1.54, 1.807) is 13.2 Å². The average Bonchev–Trinajstić information content (AvgIpc) is 3.05. The summed E-state index contributed by atoms with van der Waals surface area (Å²) in [6.07, 6.45) is 5.51. The summed E-state index contributed by atoms with van der Waals surface area (Å²) in [5.41, 5.74) is 1.11. The van der Waals surface area contributed by atoms with Crippen molar-refractivity contribution >= 4 is 37.7 Å². The molecule has 0 radical (unpaired) electrons. The molecule has 1 fully saturated rings. The summed E-state index contributed by atoms with van der Waals surface area (Å²) in [5.74, 6) is 0.563. The molecule has 1 amide bonds. The van der Waals surface area contributed by atoms with Gasteiger partial charge < -0.3 is 5.32 Å². The highest BCUT2D eigenvalue weighted by Crippen LogP contribution is 2.43. The molecule has 2 aromatic heterocycles. The van der Waals surface area contributed by atoms with Crippen LogP contribution in [0.4, 0.5) is 0 Å². The van der Waals surface area contributed by atoms with Crippen molar-refractivity contribution in [3.8, 4) is 0 Å². The number of carbonyl (C=O) groups is 1. The number of hydrogen-bond donors (Lipinski definition) is 2. The van der Waals surface area contributed by atoms with E-state index in [9.17, 15) is 13.2 Å². The van der Waals surface area contributed by atoms with Crippen molar-refractivity contribution < 1.29 is 13.2 Å². The Hall–Kier alpha value is -1.55. The van der Waals surface area contributed by atoms with Gasteiger partial charge in [0.15, 0.2) is 0 Å². The predicted octanol–water partition coefficient (Wildman–Crippen LogP) is 2.33. The number of amides is 1. The van der Waals surface area contributed by atoms with Crippen LogP contribution in [0.15, 0.2) is 18.3 Å². The fraction of sp³-hybridized carbons (Fsp3) is 0.556. The van der Waals surface area contributed by atoms with Crippen molar-refractivity contribution in [2.45, 2.75) is 31.6 Å². The van der Waals surface area contributed by atoms with Gasteiger partial charge in [-0.05, 0) is 49.1 Å². The minimum atomic E-state index is -3.38. The lowest BCUT2D eigenvalue weighted by molar-refractivity contribution is 0.0965. The Labute approximate surface area is 164 Å². The van der Waals surface area contributed by atoms with E-state index in [0.717, 1.165) is 46.3 Å². The van der Waals surface area contributed by atoms with Crippen molar-refractivity contribution in [3.63, 3.8) is 0 Å². The molecule has 0 spiro atoms. The number of aromatic nitrogens is 1. The molecule has 0 saturated heterocycles. The lowest BCUT2D eigenvalue weighted by atomic mass is 9.78. The molecule has 0 aromatic carbocycles. The maximum absolute atomic E-state index is 12.4. The summed E-state index contributed by atoms with van der Waals surface area (Å²) >= 11 is 1.45. The minimum Gasteiger partial charge on any atom is -0.354 e. The first-order valence-corrected chi connectivity index (χ1v) is 11.4. The number of nitrogens with zero attached hydrogens (tertiary/aromatic N) is 2. The second-order valence-corrected chi connectivity index (χ2v) is 10.1. The van der Waals surface area contributed by atoms with Crippen LogP contribution in [-0.4, -0.2) is 51.3 Å². The third kappa shape index (κ3) is 4.31. The number of carbonyl (C=O) groups excluding carboxylic acids is 1. The van der Waals surface area contributed by atoms with Gasteiger partial charge in [0.2, 0.25) is 0 Å². The fourth-order valence-corrected chi connectivity index (χ4v) is 5.53. The smallest absolute Gasteiger partial charge is 0.278 e. The van der Waals surface area contributed by atoms with Crippen LogP contribution in [0.3, 0.4) is 0 Å². The highest BCUT2D eigenvalue weighted by Gasteiger charge is 2.29. The van der Waals surface area contributed by atoms with Gasteiger partial charge in [0.25, 0.3) is 16.1 Å². The van der Waals surface area contributed by atoms with Crippen LogP contribution in [0.1, 0.15) is 46.8 Å². The molecule has 7 nitrogen and oxygen atoms in total. The summed E-state index contributed by atoms with van der Waals surface area (Å²) in [7, 11) is 1.32. The van der Waals surface area contributed by atoms with Gasteiger partial charge in [-0.25, -0.2) is 9.71 Å². The van der Waals surface area contributed by atoms with E-state index in [1.807, 2.05) is 12.1 Å². The van der Waals surface area contributed by atoms with E-state index in [-0.39, 0.29) is 5.91 Å². The molecule has 2 heterocycles. The lowest BCUT2D eigenvalue weighted by Crippen LogP contribution is -2.39. The number of pyridine rings is 1. The fourth-order valence-electron chi connectivity index (χ4n) is 3.65. The van der Waals surface area contributed by atoms with E-state index < -0.39 is 10.2 Å². The van der Waals surface area contributed by atoms with Crippen LogP contribution in [-0.2, 0) is 10.2 Å². The summed E-state index contributed by atoms with van der Waals surface area (Å²) in [4.78, 5) is 18.4. The van der Waals surface area contributed by atoms with Crippen LogP contribution in [0, 0.1) is 5.92 Å². The van der Waals surface area contributed by atoms with Crippen molar-refractivity contribution in [1.29, 1.82) is 0 Å². The minimum absolute atomic E-state index is 0.0612. The molecule has 148 valence electrons. The van der Waals surface area contributed by atoms with Crippen LogP contribution >= 0.6 is 11.3 Å². The molecule has 0 unspecified atom stereocenters. The van der Waals surface area contributed by atoms with Crippen molar-refractivity contribution in [2.75, 3.05) is 27.7 Å². The molecule has 0 aliphatic heterocycles. The zero-order valence-corrected chi connectivity index (χ0v) is 17.5. The number of hydrogen-bond acceptors (Lipinski definition) is 5. The number of fused-ring (bicyclic) bond motifs is 1. The third-order valence-electron chi connectivity index (χ3n) is 5.23. The van der Waals surface area contributed by atoms with Gasteiger partial charge in [0.05, 0.1) is 4.88 Å². The van der Waals surface area contributed by atoms with Crippen LogP contribution in [0.5, 0.6) is 0 Å². The SMILES string of the molecule is CNC(=O)c1sc2ncccc2c1C1CCC(CNS(=O)(=O)N(C)C)CC1. The van der Waals surface area contributed by atoms with Crippen molar-refractivity contribution in [3.05, 3.63) is 28.8 Å². The summed E-state index contributed by atoms with van der Waals surface area (Å²) in [6.45, 7) is 0.460. The Morgan fingerprint density at radius 3 is 2.63 bits per heavy atom. The van der Waals surface area contributed by atoms with Crippen LogP contribution < -0.4 is 10.0 Å². The molecule has 9 heteroatoms. The van der Waals surface area contributed by atoms with E-state index in [2.05, 4.69) is 15.0 Å². The molecule has 27 heavy (non-hydrogen) atoms. The molecule has 3 rings (SSSR count). The molecule has 2 N–H and O–H groups in total. The third-order valence-corrected chi connectivity index (χ3v) is 7.85. The Kier molecular flexibility index (Phi) is 6.15. The van der Waals surface area contributed by atoms with E-state index in [4.69, 9.17) is 0 Å². The molecule has 0 bridgehead atoms. The first-order chi connectivity index (χ1) is 12.8. The Morgan fingerprint density at radius 2 is 2.00 bits per heavy atom. The zero-order chi connectivity index (χ0) is 19.6. The summed E-state index contributed by atoms with van der Waals surface area (Å²) < 4.78 is 27.6. The Bertz CT molecular complexity index is 916. The molecule has 1 aliphatic carbocycles. The molecule has 1 saturated carbocycles. The second kappa shape index (κ2) is 8.22. The monoisotopic (exact) mass is 410 g/mol. The molecule has 1 aliphatic rings. The summed E-state index contributed by atoms with van der Waals surface area (Å²) in [6, 6.07) is 3.95. The Morgan fingerprint density at radius 1 is 1.30 bits per heavy atom. The lowest BCUT2D eigenvalue weighted by Gasteiger charge is -2.29. The average molecular weight is 411 g/mol. The van der Waals surface area contributed by atoms with Gasteiger partial charge in [0.1, 0.15) is 4.83 Å². The van der Waals surface area contributed by atoms with Crippen molar-refractivity contribution in [1.82, 2.24) is 19.3 Å². The number of nitrogens with one attached hydrogen (secondary N) is 2. The van der Waals surface area contributed by atoms with Crippen molar-refractivity contribution in [2.24, 2.45) is 5.92 Å². The van der Waals surface area contributed by atoms with Crippen LogP contribution in [0.25, 0.3) is 10.2 Å². The maximum Gasteiger partial charge on any atom is 0.278 e. The van der Waals surface area contributed by atoms with Gasteiger partial charge in [-0.3, -0.25) is 4.79 Å². The quantitative estimate of drug-likeness (QED) is 0.765. The van der Waals surface area contributed by atoms with Gasteiger partial charge in [-0.2, -0.15) is 12.7 Å². The van der Waals surface area contributed by atoms with Gasteiger partial charge >= 0.3 is 0 Å². The summed E-state index contributed by atoms with van der Waals surface area (Å²) in [5, 5.41) is 3.81. The number of thiophene rings is 1. The van der Waals surface area contributed by atoms with Gasteiger partial charge in [-0.1, -0.05) is 6.07 Å². The molecule has 0 atom stereocenters. The van der Waals surface area contributed by atoms with E-state index in [1.165, 1.54) is 29.7 Å². The van der Waals surface area contributed by atoms with Gasteiger partial charge in [0, 0.05) is 39.3 Å². The van der Waals surface area contributed by atoms with Gasteiger partial charge in [-0.15, -0.1) is 11.3 Å². The van der Waals surface area contributed by atoms with E-state index >= 15 is 0 Å².